The number of nitrogens with zero attached hydrogens (tertiary/aromatic N) is 3. The van der Waals surface area contributed by atoms with E-state index in [4.69, 9.17) is 10.3 Å². The lowest BCUT2D eigenvalue weighted by atomic mass is 9.84. The van der Waals surface area contributed by atoms with Crippen molar-refractivity contribution < 1.29 is 14.3 Å². The predicted octanol–water partition coefficient (Wildman–Crippen LogP) is 5.56. The van der Waals surface area contributed by atoms with E-state index < -0.39 is 0 Å². The summed E-state index contributed by atoms with van der Waals surface area (Å²) < 4.78 is 5.17. The Balaban J connectivity index is 1.90. The van der Waals surface area contributed by atoms with E-state index in [1.165, 1.54) is 11.8 Å². The Labute approximate surface area is 164 Å². The molecule has 1 aliphatic carbocycles. The van der Waals surface area contributed by atoms with Crippen LogP contribution in [0.3, 0.4) is 0 Å². The minimum Gasteiger partial charge on any atom is -0.497 e. The zero-order chi connectivity index (χ0) is 19.7. The van der Waals surface area contributed by atoms with Gasteiger partial charge >= 0.3 is 0 Å². The molecule has 1 aliphatic rings. The smallest absolute Gasteiger partial charge is 0.195 e. The maximum Gasteiger partial charge on any atom is 0.195 e. The molecule has 0 saturated carbocycles. The van der Waals surface area contributed by atoms with Gasteiger partial charge in [0.1, 0.15) is 5.75 Å². The summed E-state index contributed by atoms with van der Waals surface area (Å²) in [7, 11) is 1.58. The lowest BCUT2D eigenvalue weighted by molar-refractivity contribution is 0.0977. The van der Waals surface area contributed by atoms with Gasteiger partial charge in [-0.2, -0.15) is 0 Å². The number of fused-ring (bicyclic) bond motifs is 2. The monoisotopic (exact) mass is 387 g/mol. The number of carbonyl (C=O) groups excluding carboxylic acids is 2. The Morgan fingerprint density at radius 3 is 2.21 bits per heavy atom. The van der Waals surface area contributed by atoms with E-state index in [0.717, 1.165) is 4.90 Å². The fourth-order valence-corrected chi connectivity index (χ4v) is 4.16. The van der Waals surface area contributed by atoms with Crippen molar-refractivity contribution in [2.75, 3.05) is 7.11 Å². The molecule has 0 aliphatic heterocycles. The maximum absolute atomic E-state index is 13.2. The standard InChI is InChI=1S/C21H13N3O3S/c1-27-12-6-8-13(9-7-12)28-21-17(23-24-22)11-10-16-18(21)20(26)15-5-3-2-4-14(15)19(16)25/h2-11H,1H3. The Bertz CT molecular complexity index is 1170. The Kier molecular flexibility index (Phi) is 4.61. The van der Waals surface area contributed by atoms with Gasteiger partial charge in [0.15, 0.2) is 11.6 Å². The highest BCUT2D eigenvalue weighted by molar-refractivity contribution is 7.99. The third-order valence-electron chi connectivity index (χ3n) is 4.46. The van der Waals surface area contributed by atoms with Crippen LogP contribution in [-0.4, -0.2) is 18.7 Å². The van der Waals surface area contributed by atoms with E-state index in [1.54, 1.807) is 55.6 Å². The van der Waals surface area contributed by atoms with Gasteiger partial charge in [-0.3, -0.25) is 9.59 Å². The van der Waals surface area contributed by atoms with Crippen LogP contribution >= 0.6 is 11.8 Å². The van der Waals surface area contributed by atoms with Crippen molar-refractivity contribution in [2.45, 2.75) is 9.79 Å². The fourth-order valence-electron chi connectivity index (χ4n) is 3.14. The van der Waals surface area contributed by atoms with Crippen molar-refractivity contribution >= 4 is 29.0 Å². The van der Waals surface area contributed by atoms with Gasteiger partial charge < -0.3 is 4.74 Å². The van der Waals surface area contributed by atoms with Crippen molar-refractivity contribution in [3.8, 4) is 5.75 Å². The Morgan fingerprint density at radius 2 is 1.57 bits per heavy atom. The Morgan fingerprint density at radius 1 is 0.893 bits per heavy atom. The van der Waals surface area contributed by atoms with E-state index in [-0.39, 0.29) is 17.1 Å². The van der Waals surface area contributed by atoms with E-state index in [2.05, 4.69) is 10.0 Å². The lowest BCUT2D eigenvalue weighted by Gasteiger charge is -2.21. The number of ether oxygens (including phenoxy) is 1. The fraction of sp³-hybridized carbons (Fsp3) is 0.0476. The quantitative estimate of drug-likeness (QED) is 0.260. The van der Waals surface area contributed by atoms with Gasteiger partial charge in [0.25, 0.3) is 0 Å². The first-order valence-electron chi connectivity index (χ1n) is 8.36. The highest BCUT2D eigenvalue weighted by atomic mass is 32.2. The number of hydrogen-bond donors (Lipinski definition) is 0. The zero-order valence-corrected chi connectivity index (χ0v) is 15.6. The van der Waals surface area contributed by atoms with E-state index in [1.807, 2.05) is 12.1 Å². The largest absolute Gasteiger partial charge is 0.497 e. The van der Waals surface area contributed by atoms with Crippen molar-refractivity contribution in [1.82, 2.24) is 0 Å². The van der Waals surface area contributed by atoms with Crippen LogP contribution in [-0.2, 0) is 0 Å². The number of methoxy groups -OCH3 is 1. The number of hydrogen-bond acceptors (Lipinski definition) is 5. The number of rotatable bonds is 4. The highest BCUT2D eigenvalue weighted by Crippen LogP contribution is 2.43. The molecule has 3 aromatic rings. The maximum atomic E-state index is 13.2. The van der Waals surface area contributed by atoms with Crippen LogP contribution in [0.1, 0.15) is 31.8 Å². The summed E-state index contributed by atoms with van der Waals surface area (Å²) in [5, 5.41) is 3.73. The molecule has 136 valence electrons. The van der Waals surface area contributed by atoms with Gasteiger partial charge in [0.2, 0.25) is 0 Å². The highest BCUT2D eigenvalue weighted by Gasteiger charge is 2.32. The topological polar surface area (TPSA) is 92.1 Å². The molecule has 0 unspecified atom stereocenters. The molecule has 0 heterocycles. The summed E-state index contributed by atoms with van der Waals surface area (Å²) in [6, 6.07) is 17.1. The normalized spacial score (nSPS) is 12.0. The summed E-state index contributed by atoms with van der Waals surface area (Å²) in [6.45, 7) is 0. The molecule has 4 rings (SSSR count). The van der Waals surface area contributed by atoms with Crippen LogP contribution in [0, 0.1) is 0 Å². The summed E-state index contributed by atoms with van der Waals surface area (Å²) in [4.78, 5) is 30.3. The third-order valence-corrected chi connectivity index (χ3v) is 5.58. The second kappa shape index (κ2) is 7.23. The van der Waals surface area contributed by atoms with Crippen molar-refractivity contribution in [3.05, 3.63) is 93.4 Å². The van der Waals surface area contributed by atoms with Crippen molar-refractivity contribution in [3.63, 3.8) is 0 Å². The van der Waals surface area contributed by atoms with Gasteiger partial charge in [0, 0.05) is 37.0 Å². The predicted molar refractivity (Wildman–Crippen MR) is 106 cm³/mol. The number of azide groups is 1. The molecule has 0 fully saturated rings. The SMILES string of the molecule is COc1ccc(Sc2c(N=[N+]=[N-])ccc3c2C(=O)c2ccccc2C3=O)cc1. The second-order valence-electron chi connectivity index (χ2n) is 6.01. The second-order valence-corrected chi connectivity index (χ2v) is 7.09. The Hall–Kier alpha value is -3.54. The van der Waals surface area contributed by atoms with Gasteiger partial charge in [-0.15, -0.1) is 0 Å². The summed E-state index contributed by atoms with van der Waals surface area (Å²) >= 11 is 1.27. The molecule has 0 atom stereocenters. The summed E-state index contributed by atoms with van der Waals surface area (Å²) in [5.41, 5.74) is 10.6. The molecule has 7 heteroatoms. The average Bonchev–Trinajstić information content (AvgIpc) is 2.73. The zero-order valence-electron chi connectivity index (χ0n) is 14.7. The molecule has 6 nitrogen and oxygen atoms in total. The van der Waals surface area contributed by atoms with Crippen molar-refractivity contribution in [2.24, 2.45) is 5.11 Å². The third kappa shape index (κ3) is 2.93. The van der Waals surface area contributed by atoms with Crippen molar-refractivity contribution in [1.29, 1.82) is 0 Å². The first-order valence-corrected chi connectivity index (χ1v) is 9.18. The van der Waals surface area contributed by atoms with Crippen LogP contribution in [0.2, 0.25) is 0 Å². The van der Waals surface area contributed by atoms with Gasteiger partial charge in [-0.1, -0.05) is 47.2 Å². The van der Waals surface area contributed by atoms with Crippen LogP contribution < -0.4 is 4.74 Å². The lowest BCUT2D eigenvalue weighted by Crippen LogP contribution is -2.21. The average molecular weight is 387 g/mol. The van der Waals surface area contributed by atoms with E-state index in [0.29, 0.717) is 33.0 Å². The van der Waals surface area contributed by atoms with Crippen LogP contribution in [0.25, 0.3) is 10.4 Å². The van der Waals surface area contributed by atoms with Crippen LogP contribution in [0.15, 0.2) is 75.6 Å². The molecular weight excluding hydrogens is 374 g/mol. The van der Waals surface area contributed by atoms with Crippen LogP contribution in [0.4, 0.5) is 5.69 Å². The molecular formula is C21H13N3O3S. The summed E-state index contributed by atoms with van der Waals surface area (Å²) in [6.07, 6.45) is 0. The molecule has 0 aromatic heterocycles. The summed E-state index contributed by atoms with van der Waals surface area (Å²) in [5.74, 6) is 0.236. The molecule has 0 bridgehead atoms. The molecule has 0 amide bonds. The number of ketones is 2. The van der Waals surface area contributed by atoms with Gasteiger partial charge in [-0.05, 0) is 35.9 Å². The molecule has 0 radical (unpaired) electrons. The molecule has 28 heavy (non-hydrogen) atoms. The van der Waals surface area contributed by atoms with E-state index in [9.17, 15) is 9.59 Å². The molecule has 0 saturated heterocycles. The minimum absolute atomic E-state index is 0.214. The van der Waals surface area contributed by atoms with Gasteiger partial charge in [0.05, 0.1) is 12.8 Å². The van der Waals surface area contributed by atoms with Gasteiger partial charge in [-0.25, -0.2) is 0 Å². The number of carbonyl (C=O) groups is 2. The first kappa shape index (κ1) is 17.9. The molecule has 0 spiro atoms. The number of benzene rings is 3. The first-order chi connectivity index (χ1) is 13.6. The minimum atomic E-state index is -0.254. The molecule has 0 N–H and O–H groups in total. The van der Waals surface area contributed by atoms with E-state index >= 15 is 0 Å². The van der Waals surface area contributed by atoms with Crippen LogP contribution in [0.5, 0.6) is 5.75 Å². The molecule has 3 aromatic carbocycles.